The van der Waals surface area contributed by atoms with Gasteiger partial charge in [0.2, 0.25) is 11.8 Å². The van der Waals surface area contributed by atoms with Crippen LogP contribution < -0.4 is 9.62 Å². The molecule has 2 unspecified atom stereocenters. The first-order valence-corrected chi connectivity index (χ1v) is 14.9. The molecular formula is C30H37ClN4O4S. The van der Waals surface area contributed by atoms with Crippen molar-refractivity contribution in [3.63, 3.8) is 0 Å². The third-order valence-corrected chi connectivity index (χ3v) is 8.63. The average molecular weight is 585 g/mol. The van der Waals surface area contributed by atoms with E-state index in [0.29, 0.717) is 10.7 Å². The third kappa shape index (κ3) is 8.30. The average Bonchev–Trinajstić information content (AvgIpc) is 2.94. The van der Waals surface area contributed by atoms with E-state index in [4.69, 9.17) is 11.6 Å². The van der Waals surface area contributed by atoms with Crippen molar-refractivity contribution in [2.45, 2.75) is 45.3 Å². The van der Waals surface area contributed by atoms with Crippen LogP contribution in [0.25, 0.3) is 0 Å². The highest BCUT2D eigenvalue weighted by molar-refractivity contribution is 7.90. The maximum atomic E-state index is 14.2. The molecule has 0 saturated heterocycles. The van der Waals surface area contributed by atoms with Gasteiger partial charge in [-0.3, -0.25) is 9.59 Å². The van der Waals surface area contributed by atoms with E-state index in [1.807, 2.05) is 50.2 Å². The number of rotatable bonds is 13. The summed E-state index contributed by atoms with van der Waals surface area (Å²) in [5, 5.41) is 3.51. The van der Waals surface area contributed by atoms with Crippen molar-refractivity contribution in [3.05, 3.63) is 101 Å². The minimum Gasteiger partial charge on any atom is -0.352 e. The van der Waals surface area contributed by atoms with E-state index < -0.39 is 28.7 Å². The van der Waals surface area contributed by atoms with Crippen LogP contribution in [0.15, 0.2) is 84.9 Å². The summed E-state index contributed by atoms with van der Waals surface area (Å²) < 4.78 is 28.8. The van der Waals surface area contributed by atoms with Gasteiger partial charge in [0.1, 0.15) is 12.6 Å². The predicted molar refractivity (Wildman–Crippen MR) is 160 cm³/mol. The lowest BCUT2D eigenvalue weighted by Gasteiger charge is -2.35. The van der Waals surface area contributed by atoms with Crippen molar-refractivity contribution in [3.8, 4) is 0 Å². The van der Waals surface area contributed by atoms with Crippen LogP contribution in [0.2, 0.25) is 5.02 Å². The Morgan fingerprint density at radius 3 is 2.08 bits per heavy atom. The van der Waals surface area contributed by atoms with Crippen LogP contribution in [0.1, 0.15) is 31.4 Å². The van der Waals surface area contributed by atoms with Crippen LogP contribution in [0, 0.1) is 0 Å². The Balaban J connectivity index is 2.08. The molecule has 10 heteroatoms. The molecule has 8 nitrogen and oxygen atoms in total. The fourth-order valence-corrected chi connectivity index (χ4v) is 5.41. The van der Waals surface area contributed by atoms with Crippen molar-refractivity contribution in [1.29, 1.82) is 0 Å². The van der Waals surface area contributed by atoms with Crippen LogP contribution in [0.5, 0.6) is 0 Å². The number of hydrogen-bond donors (Lipinski definition) is 1. The summed E-state index contributed by atoms with van der Waals surface area (Å²) in [6, 6.07) is 24.0. The van der Waals surface area contributed by atoms with Gasteiger partial charge < -0.3 is 10.2 Å². The molecule has 0 spiro atoms. The number of anilines is 1. The number of carbonyl (C=O) groups excluding carboxylic acids is 2. The molecule has 3 rings (SSSR count). The highest BCUT2D eigenvalue weighted by Gasteiger charge is 2.35. The first-order valence-electron chi connectivity index (χ1n) is 13.2. The normalized spacial score (nSPS) is 12.9. The smallest absolute Gasteiger partial charge is 0.304 e. The van der Waals surface area contributed by atoms with Crippen molar-refractivity contribution >= 4 is 39.3 Å². The predicted octanol–water partition coefficient (Wildman–Crippen LogP) is 4.51. The van der Waals surface area contributed by atoms with Crippen molar-refractivity contribution < 1.29 is 18.0 Å². The van der Waals surface area contributed by atoms with E-state index in [9.17, 15) is 18.0 Å². The molecule has 0 heterocycles. The Kier molecular flexibility index (Phi) is 11.1. The number of halogens is 1. The van der Waals surface area contributed by atoms with Gasteiger partial charge in [-0.1, -0.05) is 79.2 Å². The Morgan fingerprint density at radius 1 is 0.900 bits per heavy atom. The number of carbonyl (C=O) groups is 2. The Labute approximate surface area is 242 Å². The molecule has 1 N–H and O–H groups in total. The van der Waals surface area contributed by atoms with E-state index in [2.05, 4.69) is 5.32 Å². The van der Waals surface area contributed by atoms with Crippen LogP contribution >= 0.6 is 11.6 Å². The SMILES string of the molecule is CCC(C)NC(=O)C(Cc1ccccc1)N(Cc1cccc(Cl)c1)C(=O)CN(c1ccccc1)S(=O)(=O)N(C)C. The van der Waals surface area contributed by atoms with Crippen LogP contribution in [0.4, 0.5) is 5.69 Å². The summed E-state index contributed by atoms with van der Waals surface area (Å²) in [5.74, 6) is -0.829. The van der Waals surface area contributed by atoms with Crippen molar-refractivity contribution in [1.82, 2.24) is 14.5 Å². The zero-order valence-electron chi connectivity index (χ0n) is 23.3. The molecule has 0 radical (unpaired) electrons. The molecule has 214 valence electrons. The molecule has 0 saturated carbocycles. The fraction of sp³-hybridized carbons (Fsp3) is 0.333. The zero-order valence-corrected chi connectivity index (χ0v) is 24.9. The zero-order chi connectivity index (χ0) is 29.3. The number of nitrogens with zero attached hydrogens (tertiary/aromatic N) is 3. The summed E-state index contributed by atoms with van der Waals surface area (Å²) in [6.07, 6.45) is 0.968. The minimum atomic E-state index is -4.03. The third-order valence-electron chi connectivity index (χ3n) is 6.58. The van der Waals surface area contributed by atoms with E-state index in [-0.39, 0.29) is 24.9 Å². The van der Waals surface area contributed by atoms with Gasteiger partial charge in [0, 0.05) is 38.1 Å². The van der Waals surface area contributed by atoms with Gasteiger partial charge in [0.25, 0.3) is 0 Å². The molecule has 40 heavy (non-hydrogen) atoms. The number of hydrogen-bond acceptors (Lipinski definition) is 4. The van der Waals surface area contributed by atoms with Gasteiger partial charge in [-0.2, -0.15) is 12.7 Å². The second-order valence-corrected chi connectivity index (χ2v) is 12.3. The van der Waals surface area contributed by atoms with E-state index in [1.165, 1.54) is 19.0 Å². The van der Waals surface area contributed by atoms with Crippen LogP contribution in [-0.2, 0) is 32.8 Å². The summed E-state index contributed by atoms with van der Waals surface area (Å²) in [7, 11) is -1.20. The van der Waals surface area contributed by atoms with Gasteiger partial charge in [0.15, 0.2) is 0 Å². The van der Waals surface area contributed by atoms with Gasteiger partial charge in [-0.25, -0.2) is 4.31 Å². The molecule has 0 bridgehead atoms. The lowest BCUT2D eigenvalue weighted by Crippen LogP contribution is -2.55. The molecule has 2 amide bonds. The van der Waals surface area contributed by atoms with Gasteiger partial charge in [-0.15, -0.1) is 0 Å². The topological polar surface area (TPSA) is 90.0 Å². The molecule has 0 aliphatic heterocycles. The first kappa shape index (κ1) is 31.1. The van der Waals surface area contributed by atoms with E-state index in [0.717, 1.165) is 26.2 Å². The van der Waals surface area contributed by atoms with E-state index >= 15 is 0 Å². The second-order valence-electron chi connectivity index (χ2n) is 9.81. The summed E-state index contributed by atoms with van der Waals surface area (Å²) >= 11 is 6.25. The highest BCUT2D eigenvalue weighted by Crippen LogP contribution is 2.22. The molecule has 0 fully saturated rings. The highest BCUT2D eigenvalue weighted by atomic mass is 35.5. The minimum absolute atomic E-state index is 0.0649. The largest absolute Gasteiger partial charge is 0.352 e. The summed E-state index contributed by atoms with van der Waals surface area (Å²) in [4.78, 5) is 29.3. The number of para-hydroxylation sites is 1. The molecule has 3 aromatic carbocycles. The van der Waals surface area contributed by atoms with Crippen LogP contribution in [0.3, 0.4) is 0 Å². The molecule has 2 atom stereocenters. The van der Waals surface area contributed by atoms with Gasteiger partial charge >= 0.3 is 10.2 Å². The maximum absolute atomic E-state index is 14.2. The van der Waals surface area contributed by atoms with Crippen molar-refractivity contribution in [2.24, 2.45) is 0 Å². The summed E-state index contributed by atoms with van der Waals surface area (Å²) in [5.41, 5.74) is 1.93. The molecular weight excluding hydrogens is 548 g/mol. The maximum Gasteiger partial charge on any atom is 0.304 e. The second kappa shape index (κ2) is 14.3. The lowest BCUT2D eigenvalue weighted by molar-refractivity contribution is -0.140. The summed E-state index contributed by atoms with van der Waals surface area (Å²) in [6.45, 7) is 3.44. The number of amides is 2. The van der Waals surface area contributed by atoms with Crippen molar-refractivity contribution in [2.75, 3.05) is 24.9 Å². The number of nitrogens with one attached hydrogen (secondary N) is 1. The van der Waals surface area contributed by atoms with E-state index in [1.54, 1.807) is 48.5 Å². The van der Waals surface area contributed by atoms with Gasteiger partial charge in [0.05, 0.1) is 5.69 Å². The van der Waals surface area contributed by atoms with Gasteiger partial charge in [-0.05, 0) is 48.7 Å². The molecule has 0 aliphatic carbocycles. The Morgan fingerprint density at radius 2 is 1.50 bits per heavy atom. The lowest BCUT2D eigenvalue weighted by atomic mass is 10.0. The Bertz CT molecular complexity index is 1370. The number of benzene rings is 3. The first-order chi connectivity index (χ1) is 19.0. The monoisotopic (exact) mass is 584 g/mol. The Hall–Kier alpha value is -3.40. The standard InChI is InChI=1S/C30H37ClN4O4S/c1-5-23(2)32-30(37)28(20-24-13-8-6-9-14-24)34(21-25-15-12-16-26(31)19-25)29(36)22-35(40(38,39)33(3)4)27-17-10-7-11-18-27/h6-19,23,28H,5,20-22H2,1-4H3,(H,32,37). The van der Waals surface area contributed by atoms with Crippen LogP contribution in [-0.4, -0.2) is 62.2 Å². The molecule has 3 aromatic rings. The fourth-order valence-electron chi connectivity index (χ4n) is 4.14. The quantitative estimate of drug-likeness (QED) is 0.320. The molecule has 0 aliphatic rings. The molecule has 0 aromatic heterocycles.